The Labute approximate surface area is 239 Å². The number of hydrogen-bond acceptors (Lipinski definition) is 6. The van der Waals surface area contributed by atoms with Gasteiger partial charge in [0.15, 0.2) is 0 Å². The van der Waals surface area contributed by atoms with Gasteiger partial charge in [-0.15, -0.1) is 0 Å². The number of piperidine rings is 2. The Morgan fingerprint density at radius 3 is 2.32 bits per heavy atom. The Balaban J connectivity index is 1.05. The first-order valence-electron chi connectivity index (χ1n) is 14.2. The van der Waals surface area contributed by atoms with E-state index in [-0.39, 0.29) is 30.6 Å². The third kappa shape index (κ3) is 5.52. The molecule has 3 aliphatic heterocycles. The van der Waals surface area contributed by atoms with Crippen LogP contribution in [-0.4, -0.2) is 52.6 Å². The second-order valence-corrected chi connectivity index (χ2v) is 11.2. The quantitative estimate of drug-likeness (QED) is 0.439. The van der Waals surface area contributed by atoms with Crippen molar-refractivity contribution < 1.29 is 23.9 Å². The molecule has 0 spiro atoms. The van der Waals surface area contributed by atoms with Crippen molar-refractivity contribution in [2.45, 2.75) is 57.7 Å². The Kier molecular flexibility index (Phi) is 7.41. The minimum absolute atomic E-state index is 0.0782. The summed E-state index contributed by atoms with van der Waals surface area (Å²) in [5.41, 5.74) is 5.33. The number of hydrogen-bond donors (Lipinski definition) is 1. The summed E-state index contributed by atoms with van der Waals surface area (Å²) in [6.45, 7) is 5.44. The number of amides is 4. The van der Waals surface area contributed by atoms with Crippen LogP contribution in [0.15, 0.2) is 66.7 Å². The number of carbonyl (C=O) groups excluding carboxylic acids is 4. The van der Waals surface area contributed by atoms with E-state index in [0.29, 0.717) is 11.7 Å². The molecule has 3 aromatic carbocycles. The first-order chi connectivity index (χ1) is 19.9. The monoisotopic (exact) mass is 551 g/mol. The molecule has 1 atom stereocenters. The highest BCUT2D eigenvalue weighted by Crippen LogP contribution is 2.34. The Bertz CT molecular complexity index is 1510. The van der Waals surface area contributed by atoms with E-state index in [4.69, 9.17) is 4.74 Å². The first kappa shape index (κ1) is 26.9. The molecule has 6 rings (SSSR count). The molecule has 3 aliphatic rings. The highest BCUT2D eigenvalue weighted by molar-refractivity contribution is 6.24. The molecule has 210 valence electrons. The van der Waals surface area contributed by atoms with Crippen LogP contribution < -0.4 is 10.1 Å². The molecule has 8 heteroatoms. The molecule has 1 N–H and O–H groups in total. The zero-order valence-corrected chi connectivity index (χ0v) is 23.1. The van der Waals surface area contributed by atoms with Gasteiger partial charge in [0.1, 0.15) is 18.4 Å². The minimum Gasteiger partial charge on any atom is -0.488 e. The molecule has 1 unspecified atom stereocenters. The minimum atomic E-state index is -1.01. The van der Waals surface area contributed by atoms with Gasteiger partial charge in [0.2, 0.25) is 11.8 Å². The van der Waals surface area contributed by atoms with Gasteiger partial charge in [0.05, 0.1) is 11.1 Å². The van der Waals surface area contributed by atoms with E-state index in [0.717, 1.165) is 30.1 Å². The summed E-state index contributed by atoms with van der Waals surface area (Å²) in [5.74, 6) is -1.22. The molecule has 2 fully saturated rings. The number of carbonyl (C=O) groups is 4. The van der Waals surface area contributed by atoms with Crippen molar-refractivity contribution in [2.24, 2.45) is 0 Å². The molecule has 3 heterocycles. The van der Waals surface area contributed by atoms with Gasteiger partial charge < -0.3 is 4.74 Å². The SMILES string of the molecule is Cc1cccc(C2CCN(Cc3ccc(COc4cccc5c4C(=O)N(C4CCC(=O)NC4=O)C5=O)cc3)CC2)c1. The molecule has 2 saturated heterocycles. The van der Waals surface area contributed by atoms with Crippen molar-refractivity contribution in [2.75, 3.05) is 13.1 Å². The van der Waals surface area contributed by atoms with Crippen LogP contribution in [0.3, 0.4) is 0 Å². The van der Waals surface area contributed by atoms with Gasteiger partial charge in [-0.1, -0.05) is 60.2 Å². The Hall–Kier alpha value is -4.30. The Morgan fingerprint density at radius 1 is 0.854 bits per heavy atom. The normalized spacial score (nSPS) is 19.8. The van der Waals surface area contributed by atoms with E-state index in [2.05, 4.69) is 53.5 Å². The number of ether oxygens (including phenoxy) is 1. The number of nitrogens with zero attached hydrogens (tertiary/aromatic N) is 2. The summed E-state index contributed by atoms with van der Waals surface area (Å²) in [7, 11) is 0. The molecule has 8 nitrogen and oxygen atoms in total. The molecular weight excluding hydrogens is 518 g/mol. The smallest absolute Gasteiger partial charge is 0.266 e. The Morgan fingerprint density at radius 2 is 1.59 bits per heavy atom. The lowest BCUT2D eigenvalue weighted by atomic mass is 9.88. The van der Waals surface area contributed by atoms with Crippen LogP contribution in [0.1, 0.15) is 74.6 Å². The van der Waals surface area contributed by atoms with E-state index in [1.165, 1.54) is 29.5 Å². The average molecular weight is 552 g/mol. The standard InChI is InChI=1S/C33H33N3O5/c1-21-4-2-5-25(18-21)24-14-16-35(17-15-24)19-22-8-10-23(11-9-22)20-41-28-7-3-6-26-30(28)33(40)36(32(26)39)27-12-13-29(37)34-31(27)38/h2-11,18,24,27H,12-17,19-20H2,1H3,(H,34,37,38). The van der Waals surface area contributed by atoms with Gasteiger partial charge in [0.25, 0.3) is 11.8 Å². The van der Waals surface area contributed by atoms with Crippen LogP contribution in [0.2, 0.25) is 0 Å². The zero-order valence-electron chi connectivity index (χ0n) is 23.1. The molecule has 41 heavy (non-hydrogen) atoms. The molecule has 0 bridgehead atoms. The third-order valence-electron chi connectivity index (χ3n) is 8.35. The first-order valence-corrected chi connectivity index (χ1v) is 14.2. The van der Waals surface area contributed by atoms with Crippen molar-refractivity contribution in [3.8, 4) is 5.75 Å². The predicted molar refractivity (Wildman–Crippen MR) is 152 cm³/mol. The van der Waals surface area contributed by atoms with E-state index < -0.39 is 29.7 Å². The number of rotatable bonds is 7. The molecule has 0 aromatic heterocycles. The second-order valence-electron chi connectivity index (χ2n) is 11.2. The topological polar surface area (TPSA) is 96.0 Å². The van der Waals surface area contributed by atoms with Crippen molar-refractivity contribution in [3.05, 3.63) is 100 Å². The largest absolute Gasteiger partial charge is 0.488 e. The van der Waals surface area contributed by atoms with Crippen molar-refractivity contribution in [3.63, 3.8) is 0 Å². The van der Waals surface area contributed by atoms with Gasteiger partial charge in [-0.05, 0) is 74.0 Å². The van der Waals surface area contributed by atoms with Crippen LogP contribution in [0.5, 0.6) is 5.75 Å². The number of fused-ring (bicyclic) bond motifs is 1. The summed E-state index contributed by atoms with van der Waals surface area (Å²) < 4.78 is 6.02. The summed E-state index contributed by atoms with van der Waals surface area (Å²) in [6, 6.07) is 21.0. The number of likely N-dealkylation sites (tertiary alicyclic amines) is 1. The lowest BCUT2D eigenvalue weighted by Gasteiger charge is -2.32. The van der Waals surface area contributed by atoms with Crippen molar-refractivity contribution in [1.82, 2.24) is 15.1 Å². The molecule has 0 saturated carbocycles. The second kappa shape index (κ2) is 11.3. The van der Waals surface area contributed by atoms with Crippen LogP contribution in [0.25, 0.3) is 0 Å². The maximum Gasteiger partial charge on any atom is 0.266 e. The fourth-order valence-electron chi connectivity index (χ4n) is 6.11. The maximum absolute atomic E-state index is 13.3. The van der Waals surface area contributed by atoms with Crippen LogP contribution in [0.4, 0.5) is 0 Å². The van der Waals surface area contributed by atoms with Gasteiger partial charge >= 0.3 is 0 Å². The number of nitrogens with one attached hydrogen (secondary N) is 1. The van der Waals surface area contributed by atoms with Crippen LogP contribution in [-0.2, 0) is 22.7 Å². The van der Waals surface area contributed by atoms with Crippen molar-refractivity contribution in [1.29, 1.82) is 0 Å². The summed E-state index contributed by atoms with van der Waals surface area (Å²) in [4.78, 5) is 53.7. The van der Waals surface area contributed by atoms with E-state index >= 15 is 0 Å². The number of aryl methyl sites for hydroxylation is 1. The number of imide groups is 2. The van der Waals surface area contributed by atoms with Gasteiger partial charge in [-0.25, -0.2) is 0 Å². The third-order valence-corrected chi connectivity index (χ3v) is 8.35. The molecule has 3 aromatic rings. The summed E-state index contributed by atoms with van der Waals surface area (Å²) in [5, 5.41) is 2.22. The molecule has 0 radical (unpaired) electrons. The predicted octanol–water partition coefficient (Wildman–Crippen LogP) is 4.35. The van der Waals surface area contributed by atoms with E-state index in [1.54, 1.807) is 18.2 Å². The van der Waals surface area contributed by atoms with Gasteiger partial charge in [-0.3, -0.25) is 34.3 Å². The fraction of sp³-hybridized carbons (Fsp3) is 0.333. The van der Waals surface area contributed by atoms with E-state index in [9.17, 15) is 19.2 Å². The lowest BCUT2D eigenvalue weighted by Crippen LogP contribution is -2.54. The lowest BCUT2D eigenvalue weighted by molar-refractivity contribution is -0.136. The zero-order chi connectivity index (χ0) is 28.5. The highest BCUT2D eigenvalue weighted by atomic mass is 16.5. The van der Waals surface area contributed by atoms with E-state index in [1.807, 2.05) is 12.1 Å². The molecular formula is C33H33N3O5. The maximum atomic E-state index is 13.3. The van der Waals surface area contributed by atoms with Gasteiger partial charge in [0, 0.05) is 13.0 Å². The van der Waals surface area contributed by atoms with Gasteiger partial charge in [-0.2, -0.15) is 0 Å². The van der Waals surface area contributed by atoms with Crippen LogP contribution >= 0.6 is 0 Å². The van der Waals surface area contributed by atoms with Crippen molar-refractivity contribution >= 4 is 23.6 Å². The fourth-order valence-corrected chi connectivity index (χ4v) is 6.11. The summed E-state index contributed by atoms with van der Waals surface area (Å²) in [6.07, 6.45) is 2.52. The number of benzene rings is 3. The molecule has 0 aliphatic carbocycles. The summed E-state index contributed by atoms with van der Waals surface area (Å²) >= 11 is 0. The highest BCUT2D eigenvalue weighted by Gasteiger charge is 2.46. The molecule has 4 amide bonds. The average Bonchev–Trinajstić information content (AvgIpc) is 3.23. The van der Waals surface area contributed by atoms with Crippen LogP contribution in [0, 0.1) is 6.92 Å².